The van der Waals surface area contributed by atoms with Crippen molar-refractivity contribution in [1.82, 2.24) is 16.1 Å². The first kappa shape index (κ1) is 70.1. The largest absolute Gasteiger partial charge is 0.492 e. The first-order chi connectivity index (χ1) is 41.1. The Kier molecular flexibility index (Phi) is 26.2. The zero-order valence-electron chi connectivity index (χ0n) is 49.5. The van der Waals surface area contributed by atoms with Crippen LogP contribution in [0.25, 0.3) is 0 Å². The number of aliphatic hydroxyl groups is 6. The van der Waals surface area contributed by atoms with E-state index in [4.69, 9.17) is 61.7 Å². The predicted octanol–water partition coefficient (Wildman–Crippen LogP) is 2.30. The number of rotatable bonds is 23. The van der Waals surface area contributed by atoms with E-state index in [0.717, 1.165) is 18.9 Å². The molecule has 6 aliphatic rings. The summed E-state index contributed by atoms with van der Waals surface area (Å²) in [7, 11) is 9.52. The number of ether oxygens (including phenoxy) is 12. The molecule has 0 saturated carbocycles. The van der Waals surface area contributed by atoms with E-state index >= 15 is 0 Å². The summed E-state index contributed by atoms with van der Waals surface area (Å²) in [5.41, 5.74) is 1.10. The number of hydrogen-bond donors (Lipinski definition) is 9. The van der Waals surface area contributed by atoms with Crippen LogP contribution in [0, 0.1) is 34.2 Å². The van der Waals surface area contributed by atoms with Gasteiger partial charge in [-0.1, -0.05) is 77.0 Å². The number of ketones is 1. The summed E-state index contributed by atoms with van der Waals surface area (Å²) >= 11 is 2.82. The van der Waals surface area contributed by atoms with Gasteiger partial charge in [0.15, 0.2) is 41.8 Å². The van der Waals surface area contributed by atoms with Gasteiger partial charge in [0.1, 0.15) is 36.6 Å². The molecule has 2 bridgehead atoms. The molecule has 4 saturated heterocycles. The third kappa shape index (κ3) is 16.2. The maximum atomic E-state index is 14.4. The van der Waals surface area contributed by atoms with Gasteiger partial charge in [-0.05, 0) is 74.5 Å². The molecule has 0 radical (unpaired) electrons. The number of hydroxylamine groups is 1. The zero-order chi connectivity index (χ0) is 62.7. The summed E-state index contributed by atoms with van der Waals surface area (Å²) in [5.74, 6) is 11.1. The number of carbonyl (C=O) groups excluding carboxylic acids is 3. The van der Waals surface area contributed by atoms with E-state index in [-0.39, 0.29) is 88.9 Å². The third-order valence-corrected chi connectivity index (χ3v) is 20.5. The van der Waals surface area contributed by atoms with E-state index in [0.29, 0.717) is 15.7 Å². The second-order valence-corrected chi connectivity index (χ2v) is 26.0. The topological polar surface area (TPSA) is 329 Å². The number of amides is 1. The molecule has 2 aliphatic carbocycles. The number of alkyl carbamates (subject to hydrolysis) is 1. The zero-order valence-corrected chi connectivity index (χ0v) is 54.1. The fourth-order valence-corrected chi connectivity index (χ4v) is 14.3. The third-order valence-electron chi connectivity index (χ3n) is 15.1. The van der Waals surface area contributed by atoms with Crippen molar-refractivity contribution >= 4 is 72.9 Å². The molecule has 0 unspecified atom stereocenters. The highest BCUT2D eigenvalue weighted by molar-refractivity contribution is 14.1. The van der Waals surface area contributed by atoms with E-state index in [9.17, 15) is 45.0 Å². The molecule has 0 aromatic heterocycles. The molecule has 1 aromatic rings. The van der Waals surface area contributed by atoms with Crippen LogP contribution in [0.2, 0.25) is 0 Å². The van der Waals surface area contributed by atoms with Gasteiger partial charge in [0.25, 0.3) is 0 Å². The Bertz CT molecular complexity index is 2770. The number of aliphatic hydroxyl groups excluding tert-OH is 5. The van der Waals surface area contributed by atoms with Gasteiger partial charge in [0.2, 0.25) is 17.2 Å². The molecule has 0 spiro atoms. The van der Waals surface area contributed by atoms with Gasteiger partial charge >= 0.3 is 6.09 Å². The maximum absolute atomic E-state index is 14.4. The standard InChI is InChI=1S/C57H78IN3O22S3/c1-12-59-32-25-76-37(22-36(32)71-7)81-50-45(66)42(28(4)78-55(50)80-35-17-15-13-14-16-19-57(70)23-34(64)43(60-56(69)75-11)40(35)31(57)18-20-84-86-26(2)24-62)61-83-38-21-33(63)52(30(6)77-38)85-53(68)39-27(3)41(58)48(51(74-10)47(39)72-8)82-54-46(67)49(73-9)44(65)29(5)79-54/h13-14,18,26,28-30,32-33,35-38,42,44-46,49-50,52,54-55,59,61-63,65-67,70H,12,20-25H2,1-11H3,(H,60,69)/b14-13-,31-18+/t26-,28-,29+,30-,32+,33+,35+,36+,37+,38+,42-,44+,45-,46-,49-,50-,52-,54+,55+,57+/m1/s1. The molecule has 9 N–H and O–H groups in total. The van der Waals surface area contributed by atoms with E-state index in [1.54, 1.807) is 40.9 Å². The molecular formula is C57H78IN3O22S3. The number of Topliss-reactive ketones (excluding diaryl/α,β-unsaturated/α-hetero) is 1. The van der Waals surface area contributed by atoms with Crippen molar-refractivity contribution in [3.8, 4) is 40.9 Å². The highest BCUT2D eigenvalue weighted by Gasteiger charge is 2.52. The quantitative estimate of drug-likeness (QED) is 0.0250. The lowest BCUT2D eigenvalue weighted by molar-refractivity contribution is -0.336. The van der Waals surface area contributed by atoms with Gasteiger partial charge in [-0.2, -0.15) is 5.48 Å². The van der Waals surface area contributed by atoms with Crippen molar-refractivity contribution in [2.24, 2.45) is 0 Å². The Hall–Kier alpha value is -3.33. The van der Waals surface area contributed by atoms with Crippen molar-refractivity contribution in [3.05, 3.63) is 49.8 Å². The van der Waals surface area contributed by atoms with Crippen LogP contribution in [0.15, 0.2) is 35.1 Å². The number of hydrogen-bond acceptors (Lipinski definition) is 27. The van der Waals surface area contributed by atoms with Gasteiger partial charge in [-0.15, -0.1) is 0 Å². The normalized spacial score (nSPS) is 35.7. The molecule has 86 heavy (non-hydrogen) atoms. The van der Waals surface area contributed by atoms with E-state index < -0.39 is 127 Å². The molecule has 25 nitrogen and oxygen atoms in total. The van der Waals surface area contributed by atoms with Crippen LogP contribution in [0.1, 0.15) is 69.8 Å². The lowest BCUT2D eigenvalue weighted by atomic mass is 9.75. The van der Waals surface area contributed by atoms with Crippen LogP contribution >= 0.6 is 55.9 Å². The van der Waals surface area contributed by atoms with Crippen molar-refractivity contribution in [2.75, 3.05) is 61.1 Å². The van der Waals surface area contributed by atoms with Crippen LogP contribution in [-0.4, -0.2) is 229 Å². The number of carbonyl (C=O) groups is 3. The Labute approximate surface area is 525 Å². The lowest BCUT2D eigenvalue weighted by Crippen LogP contribution is -2.65. The number of nitrogens with one attached hydrogen (secondary N) is 3. The summed E-state index contributed by atoms with van der Waals surface area (Å²) in [6, 6.07) is -1.30. The SMILES string of the molecule is CCN[C@H]1CO[C@@H](O[C@H]2[C@H](O[C@H]3C#C/C=C\C#C[C@]4(O)CC(=O)C(NC(=O)OC)=C3/C4=C\CSS[C@H](C)CO)O[C@H](C)[C@@H](NO[C@H]3C[C@H](O)[C@H](SC(=O)c4c(C)c(I)c(O[C@@H]5O[C@@H](C)[C@H](O)[C@@H](OC)[C@H]5O)c(OC)c4OC)[C@@H](C)O3)[C@H]2O)C[C@@H]1OC. The van der Waals surface area contributed by atoms with Gasteiger partial charge in [-0.3, -0.25) is 19.7 Å². The Morgan fingerprint density at radius 1 is 0.895 bits per heavy atom. The number of likely N-dealkylation sites (N-methyl/N-ethyl adjacent to an activating group) is 1. The molecule has 4 fully saturated rings. The first-order valence-electron chi connectivity index (χ1n) is 27.8. The average molecular weight is 1380 g/mol. The molecule has 7 rings (SSSR count). The monoisotopic (exact) mass is 1380 g/mol. The van der Waals surface area contributed by atoms with Gasteiger partial charge in [0, 0.05) is 49.2 Å². The fourth-order valence-electron chi connectivity index (χ4n) is 10.6. The predicted molar refractivity (Wildman–Crippen MR) is 323 cm³/mol. The van der Waals surface area contributed by atoms with Crippen molar-refractivity contribution < 1.29 is 107 Å². The lowest BCUT2D eigenvalue weighted by Gasteiger charge is -2.46. The van der Waals surface area contributed by atoms with Crippen LogP contribution in [0.3, 0.4) is 0 Å². The Morgan fingerprint density at radius 2 is 1.62 bits per heavy atom. The van der Waals surface area contributed by atoms with Crippen molar-refractivity contribution in [1.29, 1.82) is 0 Å². The molecule has 4 aliphatic heterocycles. The molecule has 478 valence electrons. The number of allylic oxidation sites excluding steroid dienone is 3. The minimum atomic E-state index is -2.11. The Balaban J connectivity index is 1.12. The molecule has 29 heteroatoms. The first-order valence-corrected chi connectivity index (χ1v) is 32.2. The van der Waals surface area contributed by atoms with E-state index in [1.807, 2.05) is 36.4 Å². The number of thioether (sulfide) groups is 1. The van der Waals surface area contributed by atoms with Gasteiger partial charge in [0.05, 0.1) is 104 Å². The van der Waals surface area contributed by atoms with Crippen LogP contribution < -0.4 is 30.3 Å². The van der Waals surface area contributed by atoms with Gasteiger partial charge < -0.3 is 92.8 Å². The van der Waals surface area contributed by atoms with Crippen molar-refractivity contribution in [2.45, 2.75) is 181 Å². The second-order valence-electron chi connectivity index (χ2n) is 20.9. The summed E-state index contributed by atoms with van der Waals surface area (Å²) in [6.45, 7) is 11.1. The van der Waals surface area contributed by atoms with E-state index in [1.165, 1.54) is 55.1 Å². The van der Waals surface area contributed by atoms with E-state index in [2.05, 4.69) is 39.8 Å². The summed E-state index contributed by atoms with van der Waals surface area (Å²) in [4.78, 5) is 47.7. The second kappa shape index (κ2) is 32.1. The number of fused-ring (bicyclic) bond motifs is 2. The van der Waals surface area contributed by atoms with Crippen LogP contribution in [0.4, 0.5) is 4.79 Å². The average Bonchev–Trinajstić information content (AvgIpc) is 1.02. The molecular weight excluding hydrogens is 1300 g/mol. The minimum Gasteiger partial charge on any atom is -0.492 e. The molecule has 1 amide bonds. The highest BCUT2D eigenvalue weighted by Crippen LogP contribution is 2.49. The Morgan fingerprint density at radius 3 is 2.28 bits per heavy atom. The summed E-state index contributed by atoms with van der Waals surface area (Å²) < 4.78 is 72.5. The molecule has 4 heterocycles. The van der Waals surface area contributed by atoms with Crippen molar-refractivity contribution in [3.63, 3.8) is 0 Å². The highest BCUT2D eigenvalue weighted by atomic mass is 127. The number of halogens is 1. The van der Waals surface area contributed by atoms with Gasteiger partial charge in [-0.25, -0.2) is 4.79 Å². The minimum absolute atomic E-state index is 0.0209. The summed E-state index contributed by atoms with van der Waals surface area (Å²) in [5, 5.41) is 72.3. The molecule has 1 aromatic carbocycles. The molecule has 20 atom stereocenters. The summed E-state index contributed by atoms with van der Waals surface area (Å²) in [6.07, 6.45) is -14.2. The van der Waals surface area contributed by atoms with Crippen LogP contribution in [0.5, 0.6) is 17.2 Å². The fraction of sp³-hybridized carbons (Fsp3) is 0.667. The smallest absolute Gasteiger partial charge is 0.411 e. The van der Waals surface area contributed by atoms with Crippen LogP contribution in [-0.2, 0) is 52.3 Å². The number of methoxy groups -OCH3 is 5. The number of benzene rings is 1. The maximum Gasteiger partial charge on any atom is 0.411 e.